The summed E-state index contributed by atoms with van der Waals surface area (Å²) in [6.07, 6.45) is 0.286. The summed E-state index contributed by atoms with van der Waals surface area (Å²) in [5.41, 5.74) is 3.30. The molecule has 0 spiro atoms. The number of carbonyl (C=O) groups excluding carboxylic acids is 1. The van der Waals surface area contributed by atoms with Crippen LogP contribution in [-0.2, 0) is 10.4 Å². The van der Waals surface area contributed by atoms with Gasteiger partial charge in [-0.15, -0.1) is 0 Å². The average Bonchev–Trinajstić information content (AvgIpc) is 3.42. The Labute approximate surface area is 166 Å². The van der Waals surface area contributed by atoms with Gasteiger partial charge in [-0.3, -0.25) is 4.79 Å². The molecule has 1 N–H and O–H groups in total. The molecule has 1 unspecified atom stereocenters. The third kappa shape index (κ3) is 2.82. The highest BCUT2D eigenvalue weighted by molar-refractivity contribution is 5.88. The summed E-state index contributed by atoms with van der Waals surface area (Å²) in [6.45, 7) is 2.30. The topological polar surface area (TPSA) is 92.6 Å². The average molecular weight is 389 g/mol. The number of hydrogen-bond donors (Lipinski definition) is 1. The molecule has 146 valence electrons. The van der Waals surface area contributed by atoms with Crippen molar-refractivity contribution in [3.8, 4) is 22.4 Å². The highest BCUT2D eigenvalue weighted by Crippen LogP contribution is 2.35. The molecular weight excluding hydrogens is 370 g/mol. The number of amides is 1. The van der Waals surface area contributed by atoms with E-state index in [4.69, 9.17) is 8.94 Å². The monoisotopic (exact) mass is 389 g/mol. The molecule has 4 aromatic rings. The predicted octanol–water partition coefficient (Wildman–Crippen LogP) is 3.51. The number of aryl methyl sites for hydroxylation is 1. The summed E-state index contributed by atoms with van der Waals surface area (Å²) in [5, 5.41) is 14.8. The summed E-state index contributed by atoms with van der Waals surface area (Å²) >= 11 is 0. The molecule has 1 atom stereocenters. The Hall–Kier alpha value is -3.45. The highest BCUT2D eigenvalue weighted by Gasteiger charge is 2.48. The molecule has 1 fully saturated rings. The Morgan fingerprint density at radius 1 is 1.10 bits per heavy atom. The second kappa shape index (κ2) is 6.28. The molecule has 7 heteroatoms. The van der Waals surface area contributed by atoms with Gasteiger partial charge in [0.15, 0.2) is 17.2 Å². The number of benzene rings is 2. The number of nitrogens with zero attached hydrogens (tertiary/aromatic N) is 3. The van der Waals surface area contributed by atoms with Crippen LogP contribution in [0, 0.1) is 6.92 Å². The fourth-order valence-corrected chi connectivity index (χ4v) is 3.77. The number of aliphatic hydroxyl groups is 1. The van der Waals surface area contributed by atoms with E-state index in [-0.39, 0.29) is 18.1 Å². The summed E-state index contributed by atoms with van der Waals surface area (Å²) in [7, 11) is 1.66. The quantitative estimate of drug-likeness (QED) is 0.576. The molecule has 0 bridgehead atoms. The third-order valence-corrected chi connectivity index (χ3v) is 5.41. The molecule has 0 saturated carbocycles. The maximum absolute atomic E-state index is 12.3. The molecule has 2 aromatic heterocycles. The van der Waals surface area contributed by atoms with Gasteiger partial charge in [0.25, 0.3) is 5.91 Å². The van der Waals surface area contributed by atoms with Gasteiger partial charge in [-0.05, 0) is 29.3 Å². The number of rotatable bonds is 3. The van der Waals surface area contributed by atoms with Crippen LogP contribution in [0.5, 0.6) is 0 Å². The molecule has 0 radical (unpaired) electrons. The van der Waals surface area contributed by atoms with Crippen molar-refractivity contribution in [3.05, 3.63) is 60.2 Å². The van der Waals surface area contributed by atoms with E-state index in [0.717, 1.165) is 27.8 Å². The van der Waals surface area contributed by atoms with Gasteiger partial charge in [-0.25, -0.2) is 4.98 Å². The van der Waals surface area contributed by atoms with Gasteiger partial charge < -0.3 is 18.9 Å². The maximum Gasteiger partial charge on any atom is 0.262 e. The molecule has 1 aliphatic rings. The summed E-state index contributed by atoms with van der Waals surface area (Å²) in [6, 6.07) is 15.3. The second-order valence-electron chi connectivity index (χ2n) is 7.41. The van der Waals surface area contributed by atoms with Crippen molar-refractivity contribution < 1.29 is 18.8 Å². The van der Waals surface area contributed by atoms with Crippen LogP contribution >= 0.6 is 0 Å². The maximum atomic E-state index is 12.3. The Balaban J connectivity index is 1.50. The van der Waals surface area contributed by atoms with Crippen molar-refractivity contribution >= 4 is 17.0 Å². The van der Waals surface area contributed by atoms with Gasteiger partial charge in [0.2, 0.25) is 5.60 Å². The molecule has 0 aliphatic carbocycles. The van der Waals surface area contributed by atoms with Crippen molar-refractivity contribution in [1.82, 2.24) is 15.0 Å². The molecule has 1 saturated heterocycles. The highest BCUT2D eigenvalue weighted by atomic mass is 16.5. The second-order valence-corrected chi connectivity index (χ2v) is 7.41. The van der Waals surface area contributed by atoms with E-state index in [0.29, 0.717) is 18.1 Å². The van der Waals surface area contributed by atoms with E-state index in [1.54, 1.807) is 13.1 Å². The van der Waals surface area contributed by atoms with Gasteiger partial charge in [0, 0.05) is 38.6 Å². The smallest absolute Gasteiger partial charge is 0.262 e. The van der Waals surface area contributed by atoms with Crippen LogP contribution in [0.4, 0.5) is 0 Å². The lowest BCUT2D eigenvalue weighted by molar-refractivity contribution is -0.144. The number of oxazole rings is 1. The van der Waals surface area contributed by atoms with E-state index in [9.17, 15) is 9.90 Å². The summed E-state index contributed by atoms with van der Waals surface area (Å²) in [5.74, 6) is 0.433. The first-order chi connectivity index (χ1) is 13.9. The van der Waals surface area contributed by atoms with Gasteiger partial charge in [0.05, 0.1) is 0 Å². The summed E-state index contributed by atoms with van der Waals surface area (Å²) in [4.78, 5) is 18.2. The zero-order valence-corrected chi connectivity index (χ0v) is 16.0. The van der Waals surface area contributed by atoms with Crippen LogP contribution in [0.1, 0.15) is 18.1 Å². The zero-order valence-electron chi connectivity index (χ0n) is 16.0. The minimum Gasteiger partial charge on any atom is -0.441 e. The standard InChI is InChI=1S/C22H19N3O4/c1-13-23-18-11-15(6-7-19(18)28-13)14-4-3-5-16(10-14)17-12-20(29-24-17)22(27)8-9-25(2)21(22)26/h3-7,10-12,27H,8-9H2,1-2H3. The zero-order chi connectivity index (χ0) is 20.2. The van der Waals surface area contributed by atoms with Gasteiger partial charge >= 0.3 is 0 Å². The largest absolute Gasteiger partial charge is 0.441 e. The lowest BCUT2D eigenvalue weighted by atomic mass is 9.97. The van der Waals surface area contributed by atoms with Gasteiger partial charge in [-0.2, -0.15) is 0 Å². The Morgan fingerprint density at radius 3 is 2.69 bits per heavy atom. The van der Waals surface area contributed by atoms with Crippen LogP contribution in [0.2, 0.25) is 0 Å². The van der Waals surface area contributed by atoms with E-state index < -0.39 is 5.60 Å². The fraction of sp³-hybridized carbons (Fsp3) is 0.227. The van der Waals surface area contributed by atoms with E-state index in [2.05, 4.69) is 10.1 Å². The van der Waals surface area contributed by atoms with Crippen molar-refractivity contribution in [1.29, 1.82) is 0 Å². The number of fused-ring (bicyclic) bond motifs is 1. The number of hydrogen-bond acceptors (Lipinski definition) is 6. The van der Waals surface area contributed by atoms with Crippen molar-refractivity contribution in [2.24, 2.45) is 0 Å². The predicted molar refractivity (Wildman–Crippen MR) is 106 cm³/mol. The molecule has 7 nitrogen and oxygen atoms in total. The van der Waals surface area contributed by atoms with Crippen molar-refractivity contribution in [2.75, 3.05) is 13.6 Å². The van der Waals surface area contributed by atoms with Crippen LogP contribution < -0.4 is 0 Å². The van der Waals surface area contributed by atoms with E-state index in [1.807, 2.05) is 49.4 Å². The normalized spacial score (nSPS) is 19.4. The fourth-order valence-electron chi connectivity index (χ4n) is 3.77. The number of carbonyl (C=O) groups is 1. The van der Waals surface area contributed by atoms with Crippen LogP contribution in [-0.4, -0.2) is 39.6 Å². The van der Waals surface area contributed by atoms with E-state index >= 15 is 0 Å². The lowest BCUT2D eigenvalue weighted by Crippen LogP contribution is -2.35. The Kier molecular flexibility index (Phi) is 3.82. The Morgan fingerprint density at radius 2 is 1.90 bits per heavy atom. The molecule has 5 rings (SSSR count). The first kappa shape index (κ1) is 17.6. The van der Waals surface area contributed by atoms with Crippen LogP contribution in [0.25, 0.3) is 33.5 Å². The third-order valence-electron chi connectivity index (χ3n) is 5.41. The number of aromatic nitrogens is 2. The molecular formula is C22H19N3O4. The van der Waals surface area contributed by atoms with Gasteiger partial charge in [-0.1, -0.05) is 29.4 Å². The van der Waals surface area contributed by atoms with E-state index in [1.165, 1.54) is 4.90 Å². The van der Waals surface area contributed by atoms with Crippen molar-refractivity contribution in [3.63, 3.8) is 0 Å². The first-order valence-corrected chi connectivity index (χ1v) is 9.37. The van der Waals surface area contributed by atoms with Crippen LogP contribution in [0.15, 0.2) is 57.5 Å². The van der Waals surface area contributed by atoms with Gasteiger partial charge in [0.1, 0.15) is 11.2 Å². The minimum absolute atomic E-state index is 0.173. The molecule has 29 heavy (non-hydrogen) atoms. The Bertz CT molecular complexity index is 1240. The first-order valence-electron chi connectivity index (χ1n) is 9.37. The molecule has 1 amide bonds. The number of likely N-dealkylation sites (tertiary alicyclic amines) is 1. The molecule has 2 aromatic carbocycles. The molecule has 1 aliphatic heterocycles. The van der Waals surface area contributed by atoms with Crippen molar-refractivity contribution in [2.45, 2.75) is 18.9 Å². The number of likely N-dealkylation sites (N-methyl/N-ethyl adjacent to an activating group) is 1. The molecule has 3 heterocycles. The SMILES string of the molecule is Cc1nc2cc(-c3cccc(-c4cc(C5(O)CCN(C)C5=O)on4)c3)ccc2o1. The lowest BCUT2D eigenvalue weighted by Gasteiger charge is -2.16. The minimum atomic E-state index is -1.65. The van der Waals surface area contributed by atoms with Crippen LogP contribution in [0.3, 0.4) is 0 Å². The summed E-state index contributed by atoms with van der Waals surface area (Å²) < 4.78 is 10.9.